The van der Waals surface area contributed by atoms with Gasteiger partial charge in [0.1, 0.15) is 11.5 Å². The predicted octanol–water partition coefficient (Wildman–Crippen LogP) is 3.41. The molecule has 0 fully saturated rings. The molecule has 1 atom stereocenters. The number of unbranched alkanes of at least 4 members (excludes halogenated alkanes) is 9. The van der Waals surface area contributed by atoms with Gasteiger partial charge < -0.3 is 14.4 Å². The Morgan fingerprint density at radius 3 is 1.61 bits per heavy atom. The zero-order chi connectivity index (χ0) is 22.1. The smallest absolute Gasteiger partial charge is 0.265 e. The quantitative estimate of drug-likeness (QED) is 0.234. The van der Waals surface area contributed by atoms with E-state index in [4.69, 9.17) is 0 Å². The molecule has 0 heterocycles. The lowest BCUT2D eigenvalue weighted by atomic mass is 9.68. The first kappa shape index (κ1) is 27.3. The molecule has 0 aromatic heterocycles. The summed E-state index contributed by atoms with van der Waals surface area (Å²) in [6.07, 6.45) is 11.7. The Balaban J connectivity index is 4.89. The van der Waals surface area contributed by atoms with Gasteiger partial charge in [-0.2, -0.15) is 8.42 Å². The zero-order valence-electron chi connectivity index (χ0n) is 18.9. The molecule has 6 nitrogen and oxygen atoms in total. The number of likely N-dealkylation sites (N-methyl/N-ethyl adjacent to an activating group) is 1. The normalized spacial score (nSPS) is 15.4. The molecule has 28 heavy (non-hydrogen) atoms. The highest BCUT2D eigenvalue weighted by molar-refractivity contribution is 7.85. The molecule has 0 aromatic carbocycles. The summed E-state index contributed by atoms with van der Waals surface area (Å²) in [5, 5.41) is 12.3. The summed E-state index contributed by atoms with van der Waals surface area (Å²) in [4.78, 5) is 12.3. The lowest BCUT2D eigenvalue weighted by Crippen LogP contribution is -2.73. The van der Waals surface area contributed by atoms with E-state index in [1.165, 1.54) is 38.5 Å². The van der Waals surface area contributed by atoms with E-state index in [0.29, 0.717) is 12.8 Å². The van der Waals surface area contributed by atoms with Crippen molar-refractivity contribution < 1.29 is 27.4 Å². The zero-order valence-corrected chi connectivity index (χ0v) is 19.7. The summed E-state index contributed by atoms with van der Waals surface area (Å²) in [6, 6.07) is 0. The van der Waals surface area contributed by atoms with E-state index in [9.17, 15) is 22.9 Å². The number of rotatable bonds is 16. The number of aliphatic carboxylic acids is 1. The van der Waals surface area contributed by atoms with Gasteiger partial charge in [-0.05, 0) is 6.42 Å². The topological polar surface area (TPSA) is 94.5 Å². The van der Waals surface area contributed by atoms with Crippen molar-refractivity contribution in [3.63, 3.8) is 0 Å². The summed E-state index contributed by atoms with van der Waals surface area (Å²) >= 11 is 0. The van der Waals surface area contributed by atoms with E-state index >= 15 is 0 Å². The maximum absolute atomic E-state index is 12.3. The third-order valence-electron chi connectivity index (χ3n) is 6.04. The number of hydrogen-bond donors (Lipinski definition) is 1. The first-order valence-corrected chi connectivity index (χ1v) is 12.3. The van der Waals surface area contributed by atoms with Crippen molar-refractivity contribution >= 4 is 16.1 Å². The lowest BCUT2D eigenvalue weighted by molar-refractivity contribution is -0.924. The molecule has 0 rings (SSSR count). The van der Waals surface area contributed by atoms with Crippen LogP contribution in [0.5, 0.6) is 0 Å². The summed E-state index contributed by atoms with van der Waals surface area (Å²) in [7, 11) is 0.931. The fourth-order valence-corrected chi connectivity index (χ4v) is 5.83. The van der Waals surface area contributed by atoms with Gasteiger partial charge in [0.15, 0.2) is 0 Å². The molecular formula is C21H43NO5S. The summed E-state index contributed by atoms with van der Waals surface area (Å²) in [5.74, 6) is -1.87. The van der Waals surface area contributed by atoms with Gasteiger partial charge in [-0.3, -0.25) is 4.55 Å². The standard InChI is InChI=1S/C21H43NO5S/c1-7-8-9-10-11-12-13-14-15-16-17-21(19(23)24,22(4,5)6)20(2,3)18-28(25,26)27/h7-18H2,1-6H3,(H-,23,24,25,26,27). The number of nitrogens with zero attached hydrogens (tertiary/aromatic N) is 1. The number of quaternary nitrogens is 1. The highest BCUT2D eigenvalue weighted by Gasteiger charge is 2.57. The van der Waals surface area contributed by atoms with E-state index in [2.05, 4.69) is 6.92 Å². The Morgan fingerprint density at radius 2 is 1.29 bits per heavy atom. The number of carboxylic acids is 1. The first-order chi connectivity index (χ1) is 12.7. The average molecular weight is 422 g/mol. The maximum Gasteiger partial charge on any atom is 0.265 e. The molecular weight excluding hydrogens is 378 g/mol. The van der Waals surface area contributed by atoms with Crippen molar-refractivity contribution in [2.45, 2.75) is 96.9 Å². The number of hydrogen-bond acceptors (Lipinski definition) is 4. The Morgan fingerprint density at radius 1 is 0.893 bits per heavy atom. The minimum atomic E-state index is -4.31. The molecule has 0 spiro atoms. The first-order valence-electron chi connectivity index (χ1n) is 10.7. The van der Waals surface area contributed by atoms with Crippen LogP contribution >= 0.6 is 0 Å². The third kappa shape index (κ3) is 8.37. The fourth-order valence-electron chi connectivity index (χ4n) is 4.68. The molecule has 0 aliphatic rings. The molecule has 0 aliphatic carbocycles. The van der Waals surface area contributed by atoms with Crippen molar-refractivity contribution in [1.82, 2.24) is 0 Å². The van der Waals surface area contributed by atoms with Crippen LogP contribution in [0.15, 0.2) is 0 Å². The van der Waals surface area contributed by atoms with Gasteiger partial charge >= 0.3 is 0 Å². The van der Waals surface area contributed by atoms with Crippen LogP contribution in [0.4, 0.5) is 0 Å². The van der Waals surface area contributed by atoms with E-state index in [1.54, 1.807) is 35.0 Å². The number of carbonyl (C=O) groups is 1. The number of carbonyl (C=O) groups excluding carboxylic acids is 1. The van der Waals surface area contributed by atoms with Crippen LogP contribution in [0.2, 0.25) is 0 Å². The van der Waals surface area contributed by atoms with Gasteiger partial charge in [-0.1, -0.05) is 78.6 Å². The van der Waals surface area contributed by atoms with Gasteiger partial charge in [0, 0.05) is 11.8 Å². The van der Waals surface area contributed by atoms with Crippen molar-refractivity contribution in [2.24, 2.45) is 5.41 Å². The van der Waals surface area contributed by atoms with Crippen molar-refractivity contribution in [3.8, 4) is 0 Å². The molecule has 0 radical (unpaired) electrons. The molecule has 0 aromatic rings. The third-order valence-corrected chi connectivity index (χ3v) is 7.12. The average Bonchev–Trinajstić information content (AvgIpc) is 2.48. The van der Waals surface area contributed by atoms with Crippen LogP contribution in [0, 0.1) is 5.41 Å². The van der Waals surface area contributed by atoms with E-state index in [1.807, 2.05) is 0 Å². The summed E-state index contributed by atoms with van der Waals surface area (Å²) < 4.78 is 32.4. The largest absolute Gasteiger partial charge is 0.544 e. The Hall–Kier alpha value is -0.660. The van der Waals surface area contributed by atoms with E-state index in [0.717, 1.165) is 19.3 Å². The molecule has 7 heteroatoms. The molecule has 1 N–H and O–H groups in total. The molecule has 1 unspecified atom stereocenters. The van der Waals surface area contributed by atoms with Gasteiger partial charge in [0.25, 0.3) is 10.1 Å². The van der Waals surface area contributed by atoms with E-state index < -0.39 is 32.8 Å². The van der Waals surface area contributed by atoms with Crippen molar-refractivity contribution in [1.29, 1.82) is 0 Å². The van der Waals surface area contributed by atoms with Crippen LogP contribution in [0.3, 0.4) is 0 Å². The minimum absolute atomic E-state index is 0.0370. The SMILES string of the molecule is CCCCCCCCCCCCC(C(=O)[O-])(C(C)(C)CS(=O)(=O)O)[N+](C)(C)C. The van der Waals surface area contributed by atoms with Crippen LogP contribution in [0.1, 0.15) is 91.4 Å². The Labute approximate surface area is 173 Å². The highest BCUT2D eigenvalue weighted by Crippen LogP contribution is 2.43. The van der Waals surface area contributed by atoms with Crippen LogP contribution in [-0.2, 0) is 14.9 Å². The molecule has 0 saturated carbocycles. The Bertz CT molecular complexity index is 566. The second-order valence-electron chi connectivity index (χ2n) is 9.70. The summed E-state index contributed by atoms with van der Waals surface area (Å²) in [6.45, 7) is 5.40. The molecule has 0 amide bonds. The maximum atomic E-state index is 12.3. The van der Waals surface area contributed by atoms with Crippen molar-refractivity contribution in [2.75, 3.05) is 26.9 Å². The van der Waals surface area contributed by atoms with E-state index in [-0.39, 0.29) is 4.48 Å². The van der Waals surface area contributed by atoms with Gasteiger partial charge in [0.05, 0.1) is 26.9 Å². The summed E-state index contributed by atoms with van der Waals surface area (Å²) in [5.41, 5.74) is -2.60. The number of carboxylic acid groups (broad SMARTS) is 1. The Kier molecular flexibility index (Phi) is 11.2. The van der Waals surface area contributed by atoms with Gasteiger partial charge in [0.2, 0.25) is 0 Å². The molecule has 0 bridgehead atoms. The molecule has 0 saturated heterocycles. The molecule has 168 valence electrons. The predicted molar refractivity (Wildman–Crippen MR) is 112 cm³/mol. The highest BCUT2D eigenvalue weighted by atomic mass is 32.2. The van der Waals surface area contributed by atoms with Crippen LogP contribution in [0.25, 0.3) is 0 Å². The van der Waals surface area contributed by atoms with Crippen molar-refractivity contribution in [3.05, 3.63) is 0 Å². The second-order valence-corrected chi connectivity index (χ2v) is 11.2. The minimum Gasteiger partial charge on any atom is -0.544 e. The van der Waals surface area contributed by atoms with Crippen LogP contribution in [-0.4, -0.2) is 55.9 Å². The fraction of sp³-hybridized carbons (Fsp3) is 0.952. The van der Waals surface area contributed by atoms with Gasteiger partial charge in [-0.15, -0.1) is 0 Å². The monoisotopic (exact) mass is 421 g/mol. The lowest BCUT2D eigenvalue weighted by Gasteiger charge is -2.55. The molecule has 0 aliphatic heterocycles. The van der Waals surface area contributed by atoms with Gasteiger partial charge in [-0.25, -0.2) is 0 Å². The van der Waals surface area contributed by atoms with Crippen LogP contribution < -0.4 is 5.11 Å². The second kappa shape index (κ2) is 11.5.